The summed E-state index contributed by atoms with van der Waals surface area (Å²) in [5.74, 6) is -5.33. The van der Waals surface area contributed by atoms with Crippen LogP contribution < -0.4 is 4.74 Å². The summed E-state index contributed by atoms with van der Waals surface area (Å²) in [5.41, 5.74) is -0.954. The molecule has 0 spiro atoms. The summed E-state index contributed by atoms with van der Waals surface area (Å²) in [7, 11) is 1.09. The van der Waals surface area contributed by atoms with E-state index in [0.29, 0.717) is 0 Å². The number of carbonyl (C=O) groups is 3. The van der Waals surface area contributed by atoms with Gasteiger partial charge in [-0.1, -0.05) is 0 Å². The molecule has 0 amide bonds. The first-order chi connectivity index (χ1) is 8.92. The van der Waals surface area contributed by atoms with Crippen molar-refractivity contribution >= 4 is 17.7 Å². The van der Waals surface area contributed by atoms with Crippen molar-refractivity contribution in [2.75, 3.05) is 13.7 Å². The van der Waals surface area contributed by atoms with Crippen molar-refractivity contribution in [2.45, 2.75) is 6.92 Å². The fourth-order valence-electron chi connectivity index (χ4n) is 1.41. The summed E-state index contributed by atoms with van der Waals surface area (Å²) in [6.07, 6.45) is 0. The second-order valence-corrected chi connectivity index (χ2v) is 3.39. The standard InChI is InChI=1S/C12H11FO6/c1-3-19-12(17)9(14)6-4-7(11(15)16)10(18-2)8(13)5-6/h4-5H,3H2,1-2H3,(H,15,16). The average Bonchev–Trinajstić information content (AvgIpc) is 2.36. The molecule has 0 aliphatic carbocycles. The van der Waals surface area contributed by atoms with Gasteiger partial charge in [-0.05, 0) is 19.1 Å². The topological polar surface area (TPSA) is 89.9 Å². The summed E-state index contributed by atoms with van der Waals surface area (Å²) < 4.78 is 22.7. The van der Waals surface area contributed by atoms with Gasteiger partial charge >= 0.3 is 11.9 Å². The Labute approximate surface area is 107 Å². The Hall–Kier alpha value is -2.44. The number of halogens is 1. The van der Waals surface area contributed by atoms with Crippen LogP contribution in [0.5, 0.6) is 5.75 Å². The van der Waals surface area contributed by atoms with Crippen LogP contribution in [0.15, 0.2) is 12.1 Å². The zero-order valence-corrected chi connectivity index (χ0v) is 10.2. The molecular weight excluding hydrogens is 259 g/mol. The highest BCUT2D eigenvalue weighted by Crippen LogP contribution is 2.25. The van der Waals surface area contributed by atoms with Crippen molar-refractivity contribution in [3.63, 3.8) is 0 Å². The van der Waals surface area contributed by atoms with Crippen LogP contribution in [0.4, 0.5) is 4.39 Å². The Morgan fingerprint density at radius 2 is 1.95 bits per heavy atom. The number of hydrogen-bond acceptors (Lipinski definition) is 5. The Morgan fingerprint density at radius 1 is 1.32 bits per heavy atom. The first-order valence-electron chi connectivity index (χ1n) is 5.24. The predicted molar refractivity (Wildman–Crippen MR) is 60.9 cm³/mol. The van der Waals surface area contributed by atoms with Crippen molar-refractivity contribution in [2.24, 2.45) is 0 Å². The Balaban J connectivity index is 3.28. The van der Waals surface area contributed by atoms with Crippen LogP contribution in [-0.4, -0.2) is 36.5 Å². The van der Waals surface area contributed by atoms with Crippen LogP contribution in [0.2, 0.25) is 0 Å². The Morgan fingerprint density at radius 3 is 2.42 bits per heavy atom. The minimum Gasteiger partial charge on any atom is -0.493 e. The summed E-state index contributed by atoms with van der Waals surface area (Å²) in [6.45, 7) is 1.48. The van der Waals surface area contributed by atoms with Crippen molar-refractivity contribution in [1.82, 2.24) is 0 Å². The molecule has 7 heteroatoms. The number of carboxylic acids is 1. The van der Waals surface area contributed by atoms with Gasteiger partial charge in [0.1, 0.15) is 5.56 Å². The molecule has 102 valence electrons. The van der Waals surface area contributed by atoms with E-state index in [2.05, 4.69) is 9.47 Å². The number of ether oxygens (including phenoxy) is 2. The third kappa shape index (κ3) is 3.06. The van der Waals surface area contributed by atoms with Gasteiger partial charge in [0.25, 0.3) is 5.78 Å². The third-order valence-electron chi connectivity index (χ3n) is 2.20. The Kier molecular flexibility index (Phi) is 4.57. The summed E-state index contributed by atoms with van der Waals surface area (Å²) in [6, 6.07) is 1.59. The van der Waals surface area contributed by atoms with Crippen LogP contribution in [0, 0.1) is 5.82 Å². The Bertz CT molecular complexity index is 537. The van der Waals surface area contributed by atoms with E-state index in [9.17, 15) is 18.8 Å². The zero-order valence-electron chi connectivity index (χ0n) is 10.2. The van der Waals surface area contributed by atoms with Gasteiger partial charge in [0, 0.05) is 5.56 Å². The van der Waals surface area contributed by atoms with Gasteiger partial charge in [-0.25, -0.2) is 14.0 Å². The van der Waals surface area contributed by atoms with E-state index in [1.54, 1.807) is 0 Å². The molecule has 1 N–H and O–H groups in total. The number of Topliss-reactive ketones (excluding diaryl/α,β-unsaturated/α-hetero) is 1. The van der Waals surface area contributed by atoms with Crippen LogP contribution in [0.3, 0.4) is 0 Å². The maximum atomic E-state index is 13.6. The lowest BCUT2D eigenvalue weighted by molar-refractivity contribution is -0.137. The lowest BCUT2D eigenvalue weighted by Gasteiger charge is -2.08. The van der Waals surface area contributed by atoms with E-state index < -0.39 is 40.4 Å². The molecule has 1 aromatic rings. The number of carboxylic acid groups (broad SMARTS) is 1. The highest BCUT2D eigenvalue weighted by Gasteiger charge is 2.24. The molecule has 0 radical (unpaired) electrons. The monoisotopic (exact) mass is 270 g/mol. The molecule has 1 aromatic carbocycles. The molecule has 0 saturated carbocycles. The van der Waals surface area contributed by atoms with E-state index >= 15 is 0 Å². The number of benzene rings is 1. The second-order valence-electron chi connectivity index (χ2n) is 3.39. The fraction of sp³-hybridized carbons (Fsp3) is 0.250. The summed E-state index contributed by atoms with van der Waals surface area (Å²) in [5, 5.41) is 8.90. The van der Waals surface area contributed by atoms with E-state index in [1.165, 1.54) is 6.92 Å². The zero-order chi connectivity index (χ0) is 14.6. The van der Waals surface area contributed by atoms with Gasteiger partial charge in [-0.2, -0.15) is 0 Å². The number of esters is 1. The van der Waals surface area contributed by atoms with E-state index in [4.69, 9.17) is 5.11 Å². The average molecular weight is 270 g/mol. The molecule has 0 fully saturated rings. The molecule has 0 saturated heterocycles. The molecule has 0 aromatic heterocycles. The summed E-state index contributed by atoms with van der Waals surface area (Å²) in [4.78, 5) is 33.7. The molecular formula is C12H11FO6. The third-order valence-corrected chi connectivity index (χ3v) is 2.20. The fourth-order valence-corrected chi connectivity index (χ4v) is 1.41. The van der Waals surface area contributed by atoms with E-state index in [-0.39, 0.29) is 6.61 Å². The normalized spacial score (nSPS) is 9.84. The van der Waals surface area contributed by atoms with Crippen molar-refractivity contribution in [1.29, 1.82) is 0 Å². The first kappa shape index (κ1) is 14.6. The summed E-state index contributed by atoms with van der Waals surface area (Å²) >= 11 is 0. The lowest BCUT2D eigenvalue weighted by atomic mass is 10.1. The van der Waals surface area contributed by atoms with Crippen LogP contribution in [0.1, 0.15) is 27.6 Å². The highest BCUT2D eigenvalue weighted by molar-refractivity contribution is 6.40. The molecule has 6 nitrogen and oxygen atoms in total. The van der Waals surface area contributed by atoms with E-state index in [0.717, 1.165) is 19.2 Å². The predicted octanol–water partition coefficient (Wildman–Crippen LogP) is 1.28. The van der Waals surface area contributed by atoms with E-state index in [1.807, 2.05) is 0 Å². The lowest BCUT2D eigenvalue weighted by Crippen LogP contribution is -2.18. The molecule has 0 aliphatic heterocycles. The van der Waals surface area contributed by atoms with Crippen LogP contribution >= 0.6 is 0 Å². The maximum absolute atomic E-state index is 13.6. The van der Waals surface area contributed by atoms with Crippen LogP contribution in [0.25, 0.3) is 0 Å². The minimum atomic E-state index is -1.48. The van der Waals surface area contributed by atoms with Crippen LogP contribution in [-0.2, 0) is 9.53 Å². The van der Waals surface area contributed by atoms with Gasteiger partial charge in [0.15, 0.2) is 11.6 Å². The molecule has 0 aliphatic rings. The molecule has 19 heavy (non-hydrogen) atoms. The number of methoxy groups -OCH3 is 1. The maximum Gasteiger partial charge on any atom is 0.379 e. The van der Waals surface area contributed by atoms with Crippen molar-refractivity contribution in [3.05, 3.63) is 29.1 Å². The molecule has 0 unspecified atom stereocenters. The van der Waals surface area contributed by atoms with Gasteiger partial charge < -0.3 is 14.6 Å². The molecule has 1 rings (SSSR count). The molecule has 0 atom stereocenters. The largest absolute Gasteiger partial charge is 0.493 e. The number of rotatable bonds is 5. The highest BCUT2D eigenvalue weighted by atomic mass is 19.1. The number of ketones is 1. The molecule has 0 bridgehead atoms. The number of hydrogen-bond donors (Lipinski definition) is 1. The van der Waals surface area contributed by atoms with Gasteiger partial charge in [0.05, 0.1) is 13.7 Å². The van der Waals surface area contributed by atoms with Gasteiger partial charge in [0.2, 0.25) is 0 Å². The molecule has 0 heterocycles. The van der Waals surface area contributed by atoms with Gasteiger partial charge in [-0.3, -0.25) is 4.79 Å². The van der Waals surface area contributed by atoms with Gasteiger partial charge in [-0.15, -0.1) is 0 Å². The SMILES string of the molecule is CCOC(=O)C(=O)c1cc(F)c(OC)c(C(=O)O)c1. The van der Waals surface area contributed by atoms with Crippen molar-refractivity contribution in [3.8, 4) is 5.75 Å². The van der Waals surface area contributed by atoms with Crippen molar-refractivity contribution < 1.29 is 33.4 Å². The minimum absolute atomic E-state index is 0.0189. The first-order valence-corrected chi connectivity index (χ1v) is 5.24. The smallest absolute Gasteiger partial charge is 0.379 e. The number of aromatic carboxylic acids is 1. The number of carbonyl (C=O) groups excluding carboxylic acids is 2. The quantitative estimate of drug-likeness (QED) is 0.492. The second kappa shape index (κ2) is 5.94.